The molecule has 0 spiro atoms. The van der Waals surface area contributed by atoms with Crippen LogP contribution in [0.2, 0.25) is 0 Å². The Morgan fingerprint density at radius 1 is 1.31 bits per heavy atom. The van der Waals surface area contributed by atoms with Gasteiger partial charge in [-0.3, -0.25) is 0 Å². The monoisotopic (exact) mass is 224 g/mol. The Morgan fingerprint density at radius 2 is 2.12 bits per heavy atom. The number of nitrogens with one attached hydrogen (secondary N) is 2. The first-order valence-corrected chi connectivity index (χ1v) is 5.62. The van der Waals surface area contributed by atoms with Crippen LogP contribution in [0.5, 0.6) is 0 Å². The Balaban J connectivity index is 2.16. The quantitative estimate of drug-likeness (QED) is 0.355. The molecule has 0 unspecified atom stereocenters. The molecule has 0 aliphatic carbocycles. The Hall–Kier alpha value is -1.33. The largest absolute Gasteiger partial charge is 0.381 e. The molecule has 5 nitrogen and oxygen atoms in total. The van der Waals surface area contributed by atoms with E-state index in [9.17, 15) is 0 Å². The summed E-state index contributed by atoms with van der Waals surface area (Å²) in [6, 6.07) is 5.63. The fourth-order valence-corrected chi connectivity index (χ4v) is 1.25. The normalized spacial score (nSPS) is 10.1. The zero-order valence-corrected chi connectivity index (χ0v) is 9.70. The summed E-state index contributed by atoms with van der Waals surface area (Å²) < 4.78 is 5.37. The van der Waals surface area contributed by atoms with Gasteiger partial charge in [-0.1, -0.05) is 13.0 Å². The van der Waals surface area contributed by atoms with Crippen molar-refractivity contribution in [1.29, 1.82) is 0 Å². The van der Waals surface area contributed by atoms with E-state index in [0.717, 1.165) is 38.4 Å². The number of ether oxygens (including phenoxy) is 1. The van der Waals surface area contributed by atoms with Crippen LogP contribution < -0.4 is 16.6 Å². The molecule has 0 saturated carbocycles. The van der Waals surface area contributed by atoms with Crippen LogP contribution in [0.25, 0.3) is 0 Å². The fourth-order valence-electron chi connectivity index (χ4n) is 1.25. The molecule has 0 aliphatic heterocycles. The highest BCUT2D eigenvalue weighted by Gasteiger charge is 1.95. The third kappa shape index (κ3) is 4.95. The lowest BCUT2D eigenvalue weighted by molar-refractivity contribution is 0.134. The van der Waals surface area contributed by atoms with E-state index < -0.39 is 0 Å². The molecule has 0 atom stereocenters. The van der Waals surface area contributed by atoms with Crippen molar-refractivity contribution in [2.45, 2.75) is 19.8 Å². The zero-order valence-electron chi connectivity index (χ0n) is 9.70. The first-order chi connectivity index (χ1) is 7.86. The summed E-state index contributed by atoms with van der Waals surface area (Å²) in [4.78, 5) is 4.24. The molecule has 0 aromatic carbocycles. The molecule has 1 aromatic rings. The smallest absolute Gasteiger partial charge is 0.142 e. The summed E-state index contributed by atoms with van der Waals surface area (Å²) in [6.45, 7) is 4.58. The van der Waals surface area contributed by atoms with Crippen LogP contribution in [0.15, 0.2) is 18.2 Å². The van der Waals surface area contributed by atoms with Gasteiger partial charge in [-0.15, -0.1) is 0 Å². The lowest BCUT2D eigenvalue weighted by Gasteiger charge is -2.07. The van der Waals surface area contributed by atoms with Crippen LogP contribution in [-0.4, -0.2) is 24.7 Å². The first kappa shape index (κ1) is 12.7. The van der Waals surface area contributed by atoms with E-state index in [4.69, 9.17) is 10.6 Å². The molecule has 0 saturated heterocycles. The minimum atomic E-state index is 0.659. The molecule has 0 aliphatic rings. The molecular weight excluding hydrogens is 204 g/mol. The molecular formula is C11H20N4O. The lowest BCUT2D eigenvalue weighted by Crippen LogP contribution is -2.11. The Kier molecular flexibility index (Phi) is 6.29. The number of rotatable bonds is 8. The summed E-state index contributed by atoms with van der Waals surface area (Å²) in [5, 5.41) is 3.21. The van der Waals surface area contributed by atoms with E-state index in [2.05, 4.69) is 22.7 Å². The molecule has 0 radical (unpaired) electrons. The Morgan fingerprint density at radius 3 is 2.88 bits per heavy atom. The number of aromatic nitrogens is 1. The van der Waals surface area contributed by atoms with E-state index in [1.165, 1.54) is 0 Å². The topological polar surface area (TPSA) is 72.2 Å². The first-order valence-electron chi connectivity index (χ1n) is 5.62. The van der Waals surface area contributed by atoms with Crippen molar-refractivity contribution in [3.05, 3.63) is 18.2 Å². The second-order valence-corrected chi connectivity index (χ2v) is 3.45. The van der Waals surface area contributed by atoms with Gasteiger partial charge in [0.15, 0.2) is 0 Å². The van der Waals surface area contributed by atoms with Crippen molar-refractivity contribution in [3.8, 4) is 0 Å². The molecule has 0 bridgehead atoms. The van der Waals surface area contributed by atoms with Crippen LogP contribution in [0, 0.1) is 0 Å². The number of hydrazine groups is 1. The molecule has 1 heterocycles. The minimum absolute atomic E-state index is 0.659. The summed E-state index contributed by atoms with van der Waals surface area (Å²) in [5.74, 6) is 6.75. The second-order valence-electron chi connectivity index (χ2n) is 3.45. The second kappa shape index (κ2) is 7.90. The third-order valence-corrected chi connectivity index (χ3v) is 2.02. The molecule has 16 heavy (non-hydrogen) atoms. The number of pyridine rings is 1. The highest BCUT2D eigenvalue weighted by atomic mass is 16.5. The van der Waals surface area contributed by atoms with Crippen molar-refractivity contribution in [2.24, 2.45) is 5.84 Å². The van der Waals surface area contributed by atoms with E-state index in [-0.39, 0.29) is 0 Å². The lowest BCUT2D eigenvalue weighted by atomic mass is 10.4. The molecule has 0 amide bonds. The summed E-state index contributed by atoms with van der Waals surface area (Å²) in [5.41, 5.74) is 2.51. The predicted octanol–water partition coefficient (Wildman–Crippen LogP) is 1.60. The van der Waals surface area contributed by atoms with Gasteiger partial charge in [-0.05, 0) is 25.0 Å². The standard InChI is InChI=1S/C11H20N4O/c1-2-8-16-9-4-7-13-10-5-3-6-11(14-10)15-12/h3,5-6H,2,4,7-9,12H2,1H3,(H2,13,14,15). The van der Waals surface area contributed by atoms with Gasteiger partial charge in [0.25, 0.3) is 0 Å². The molecule has 5 heteroatoms. The summed E-state index contributed by atoms with van der Waals surface area (Å²) >= 11 is 0. The van der Waals surface area contributed by atoms with Gasteiger partial charge < -0.3 is 15.5 Å². The van der Waals surface area contributed by atoms with Gasteiger partial charge >= 0.3 is 0 Å². The number of nitrogen functional groups attached to an aromatic ring is 1. The van der Waals surface area contributed by atoms with Crippen molar-refractivity contribution < 1.29 is 4.74 Å². The molecule has 1 rings (SSSR count). The summed E-state index contributed by atoms with van der Waals surface area (Å²) in [7, 11) is 0. The summed E-state index contributed by atoms with van der Waals surface area (Å²) in [6.07, 6.45) is 2.04. The van der Waals surface area contributed by atoms with Gasteiger partial charge in [-0.2, -0.15) is 0 Å². The SMILES string of the molecule is CCCOCCCNc1cccc(NN)n1. The highest BCUT2D eigenvalue weighted by Crippen LogP contribution is 2.07. The maximum Gasteiger partial charge on any atom is 0.142 e. The number of anilines is 2. The van der Waals surface area contributed by atoms with Gasteiger partial charge in [0.05, 0.1) is 0 Å². The van der Waals surface area contributed by atoms with Crippen LogP contribution in [0.4, 0.5) is 11.6 Å². The molecule has 0 fully saturated rings. The number of hydrogen-bond acceptors (Lipinski definition) is 5. The third-order valence-electron chi connectivity index (χ3n) is 2.02. The average molecular weight is 224 g/mol. The van der Waals surface area contributed by atoms with Crippen molar-refractivity contribution in [1.82, 2.24) is 4.98 Å². The number of nitrogens with two attached hydrogens (primary N) is 1. The van der Waals surface area contributed by atoms with Crippen LogP contribution in [0.1, 0.15) is 19.8 Å². The number of nitrogens with zero attached hydrogens (tertiary/aromatic N) is 1. The average Bonchev–Trinajstić information content (AvgIpc) is 2.34. The predicted molar refractivity (Wildman–Crippen MR) is 66.3 cm³/mol. The van der Waals surface area contributed by atoms with Gasteiger partial charge in [0, 0.05) is 19.8 Å². The molecule has 1 aromatic heterocycles. The fraction of sp³-hybridized carbons (Fsp3) is 0.545. The highest BCUT2D eigenvalue weighted by molar-refractivity contribution is 5.44. The van der Waals surface area contributed by atoms with Crippen LogP contribution in [0.3, 0.4) is 0 Å². The van der Waals surface area contributed by atoms with E-state index in [0.29, 0.717) is 5.82 Å². The van der Waals surface area contributed by atoms with Crippen molar-refractivity contribution in [3.63, 3.8) is 0 Å². The van der Waals surface area contributed by atoms with Crippen LogP contribution >= 0.6 is 0 Å². The van der Waals surface area contributed by atoms with Gasteiger partial charge in [0.1, 0.15) is 11.6 Å². The Labute approximate surface area is 96.4 Å². The maximum absolute atomic E-state index is 5.37. The Bertz CT molecular complexity index is 293. The van der Waals surface area contributed by atoms with Crippen LogP contribution in [-0.2, 0) is 4.74 Å². The van der Waals surface area contributed by atoms with Crippen molar-refractivity contribution >= 4 is 11.6 Å². The maximum atomic E-state index is 5.37. The van der Waals surface area contributed by atoms with E-state index >= 15 is 0 Å². The van der Waals surface area contributed by atoms with Gasteiger partial charge in [-0.25, -0.2) is 10.8 Å². The zero-order chi connectivity index (χ0) is 11.6. The molecule has 90 valence electrons. The van der Waals surface area contributed by atoms with Crippen molar-refractivity contribution in [2.75, 3.05) is 30.5 Å². The van der Waals surface area contributed by atoms with Gasteiger partial charge in [0.2, 0.25) is 0 Å². The van der Waals surface area contributed by atoms with E-state index in [1.807, 2.05) is 18.2 Å². The molecule has 4 N–H and O–H groups in total. The van der Waals surface area contributed by atoms with E-state index in [1.54, 1.807) is 0 Å². The minimum Gasteiger partial charge on any atom is -0.381 e. The number of hydrogen-bond donors (Lipinski definition) is 3.